The first-order valence-electron chi connectivity index (χ1n) is 6.50. The van der Waals surface area contributed by atoms with Gasteiger partial charge in [0.1, 0.15) is 0 Å². The van der Waals surface area contributed by atoms with E-state index in [4.69, 9.17) is 9.05 Å². The van der Waals surface area contributed by atoms with Gasteiger partial charge in [0.05, 0.1) is 13.2 Å². The van der Waals surface area contributed by atoms with Crippen molar-refractivity contribution in [3.8, 4) is 0 Å². The third-order valence-electron chi connectivity index (χ3n) is 2.91. The zero-order chi connectivity index (χ0) is 14.6. The van der Waals surface area contributed by atoms with Gasteiger partial charge in [0.2, 0.25) is 0 Å². The normalized spacial score (nSPS) is 13.6. The van der Waals surface area contributed by atoms with Gasteiger partial charge < -0.3 is 14.2 Å². The molecule has 1 rings (SSSR count). The Labute approximate surface area is 115 Å². The predicted molar refractivity (Wildman–Crippen MR) is 76.5 cm³/mol. The third kappa shape index (κ3) is 3.67. The van der Waals surface area contributed by atoms with Crippen LogP contribution in [0.3, 0.4) is 0 Å². The maximum atomic E-state index is 12.6. The fraction of sp³-hybridized carbons (Fsp3) is 0.571. The van der Waals surface area contributed by atoms with Crippen molar-refractivity contribution >= 4 is 7.60 Å². The number of aryl methyl sites for hydroxylation is 3. The van der Waals surface area contributed by atoms with Gasteiger partial charge in [0.15, 0.2) is 5.85 Å². The monoisotopic (exact) mass is 286 g/mol. The molecule has 1 atom stereocenters. The summed E-state index contributed by atoms with van der Waals surface area (Å²) >= 11 is 0. The first kappa shape index (κ1) is 16.4. The first-order valence-corrected chi connectivity index (χ1v) is 8.11. The molecule has 0 bridgehead atoms. The van der Waals surface area contributed by atoms with Crippen molar-refractivity contribution < 1.29 is 18.7 Å². The zero-order valence-corrected chi connectivity index (χ0v) is 13.2. The molecule has 1 aromatic rings. The van der Waals surface area contributed by atoms with Crippen molar-refractivity contribution in [1.29, 1.82) is 0 Å². The Kier molecular flexibility index (Phi) is 5.75. The summed E-state index contributed by atoms with van der Waals surface area (Å²) in [6, 6.07) is 3.90. The van der Waals surface area contributed by atoms with E-state index in [0.717, 1.165) is 16.7 Å². The largest absolute Gasteiger partial charge is 0.376 e. The maximum Gasteiger partial charge on any atom is 0.363 e. The molecule has 19 heavy (non-hydrogen) atoms. The number of aliphatic hydroxyl groups is 1. The third-order valence-corrected chi connectivity index (χ3v) is 5.01. The van der Waals surface area contributed by atoms with E-state index in [1.807, 2.05) is 32.9 Å². The van der Waals surface area contributed by atoms with Gasteiger partial charge in [-0.15, -0.1) is 0 Å². The molecule has 5 heteroatoms. The van der Waals surface area contributed by atoms with Crippen LogP contribution in [0, 0.1) is 20.8 Å². The molecule has 0 heterocycles. The minimum Gasteiger partial charge on any atom is -0.376 e. The van der Waals surface area contributed by atoms with Crippen molar-refractivity contribution in [2.24, 2.45) is 0 Å². The predicted octanol–water partition coefficient (Wildman–Crippen LogP) is 3.87. The van der Waals surface area contributed by atoms with Crippen LogP contribution in [0.5, 0.6) is 0 Å². The van der Waals surface area contributed by atoms with Gasteiger partial charge in [-0.25, -0.2) is 0 Å². The molecule has 0 saturated carbocycles. The van der Waals surface area contributed by atoms with Gasteiger partial charge in [0, 0.05) is 0 Å². The molecule has 0 aliphatic carbocycles. The van der Waals surface area contributed by atoms with E-state index in [2.05, 4.69) is 0 Å². The van der Waals surface area contributed by atoms with Gasteiger partial charge >= 0.3 is 7.60 Å². The minimum absolute atomic E-state index is 0.234. The molecule has 0 saturated heterocycles. The molecule has 0 amide bonds. The molecular weight excluding hydrogens is 263 g/mol. The molecule has 1 unspecified atom stereocenters. The van der Waals surface area contributed by atoms with E-state index in [9.17, 15) is 9.67 Å². The molecule has 0 aliphatic rings. The highest BCUT2D eigenvalue weighted by atomic mass is 31.2. The summed E-state index contributed by atoms with van der Waals surface area (Å²) in [5, 5.41) is 10.4. The lowest BCUT2D eigenvalue weighted by Gasteiger charge is -2.25. The number of hydrogen-bond acceptors (Lipinski definition) is 4. The molecule has 1 N–H and O–H groups in total. The Hall–Kier alpha value is -0.670. The molecule has 0 spiro atoms. The van der Waals surface area contributed by atoms with Gasteiger partial charge in [-0.3, -0.25) is 4.57 Å². The second kappa shape index (κ2) is 6.67. The van der Waals surface area contributed by atoms with Crippen LogP contribution in [-0.4, -0.2) is 18.3 Å². The zero-order valence-electron chi connectivity index (χ0n) is 12.3. The molecule has 4 nitrogen and oxygen atoms in total. The van der Waals surface area contributed by atoms with Crippen LogP contribution in [0.2, 0.25) is 0 Å². The van der Waals surface area contributed by atoms with Gasteiger partial charge in [-0.2, -0.15) is 0 Å². The Morgan fingerprint density at radius 1 is 1.11 bits per heavy atom. The van der Waals surface area contributed by atoms with E-state index in [1.54, 1.807) is 13.8 Å². The summed E-state index contributed by atoms with van der Waals surface area (Å²) < 4.78 is 23.0. The molecule has 0 aromatic heterocycles. The second-order valence-electron chi connectivity index (χ2n) is 4.56. The number of hydrogen-bond donors (Lipinski definition) is 1. The van der Waals surface area contributed by atoms with E-state index in [-0.39, 0.29) is 13.2 Å². The van der Waals surface area contributed by atoms with Crippen molar-refractivity contribution in [2.75, 3.05) is 13.2 Å². The average Bonchev–Trinajstić information content (AvgIpc) is 2.27. The van der Waals surface area contributed by atoms with Crippen LogP contribution in [0.4, 0.5) is 0 Å². The van der Waals surface area contributed by atoms with Crippen LogP contribution < -0.4 is 0 Å². The van der Waals surface area contributed by atoms with Crippen molar-refractivity contribution in [3.05, 3.63) is 34.4 Å². The minimum atomic E-state index is -3.55. The molecule has 1 aromatic carbocycles. The first-order chi connectivity index (χ1) is 8.85. The highest BCUT2D eigenvalue weighted by molar-refractivity contribution is 7.54. The lowest BCUT2D eigenvalue weighted by atomic mass is 10.0. The van der Waals surface area contributed by atoms with E-state index < -0.39 is 13.4 Å². The summed E-state index contributed by atoms with van der Waals surface area (Å²) in [7, 11) is -3.55. The fourth-order valence-corrected chi connectivity index (χ4v) is 4.10. The van der Waals surface area contributed by atoms with E-state index in [1.165, 1.54) is 0 Å². The Morgan fingerprint density at radius 3 is 1.89 bits per heavy atom. The van der Waals surface area contributed by atoms with Crippen molar-refractivity contribution in [2.45, 2.75) is 40.5 Å². The van der Waals surface area contributed by atoms with Crippen LogP contribution in [-0.2, 0) is 13.6 Å². The molecular formula is C14H23O4P. The topological polar surface area (TPSA) is 55.8 Å². The van der Waals surface area contributed by atoms with Crippen molar-refractivity contribution in [1.82, 2.24) is 0 Å². The van der Waals surface area contributed by atoms with E-state index in [0.29, 0.717) is 5.56 Å². The Bertz CT molecular complexity index is 451. The smallest absolute Gasteiger partial charge is 0.363 e. The molecule has 0 fully saturated rings. The van der Waals surface area contributed by atoms with Gasteiger partial charge in [0.25, 0.3) is 0 Å². The Balaban J connectivity index is 3.24. The SMILES string of the molecule is CCOP(=O)(OCC)C(O)c1c(C)cc(C)cc1C. The number of benzene rings is 1. The van der Waals surface area contributed by atoms with Crippen molar-refractivity contribution in [3.63, 3.8) is 0 Å². The number of aliphatic hydroxyl groups excluding tert-OH is 1. The lowest BCUT2D eigenvalue weighted by molar-refractivity contribution is 0.149. The lowest BCUT2D eigenvalue weighted by Crippen LogP contribution is -2.09. The quantitative estimate of drug-likeness (QED) is 0.806. The molecule has 0 radical (unpaired) electrons. The summed E-state index contributed by atoms with van der Waals surface area (Å²) in [5.41, 5.74) is 3.53. The highest BCUT2D eigenvalue weighted by Crippen LogP contribution is 2.60. The molecule has 0 aliphatic heterocycles. The second-order valence-corrected chi connectivity index (χ2v) is 6.65. The Morgan fingerprint density at radius 2 is 1.53 bits per heavy atom. The molecule has 108 valence electrons. The highest BCUT2D eigenvalue weighted by Gasteiger charge is 2.37. The van der Waals surface area contributed by atoms with Gasteiger partial charge in [-0.05, 0) is 51.3 Å². The fourth-order valence-electron chi connectivity index (χ4n) is 2.29. The maximum absolute atomic E-state index is 12.6. The summed E-state index contributed by atoms with van der Waals surface area (Å²) in [4.78, 5) is 0. The van der Waals surface area contributed by atoms with Crippen LogP contribution in [0.15, 0.2) is 12.1 Å². The summed E-state index contributed by atoms with van der Waals surface area (Å²) in [6.07, 6.45) is 0. The van der Waals surface area contributed by atoms with Crippen LogP contribution >= 0.6 is 7.60 Å². The van der Waals surface area contributed by atoms with Gasteiger partial charge in [-0.1, -0.05) is 17.7 Å². The standard InChI is InChI=1S/C14H23O4P/c1-6-17-19(16,18-7-2)14(15)13-11(4)8-10(3)9-12(13)5/h8-9,14-15H,6-7H2,1-5H3. The summed E-state index contributed by atoms with van der Waals surface area (Å²) in [6.45, 7) is 9.69. The van der Waals surface area contributed by atoms with E-state index >= 15 is 0 Å². The van der Waals surface area contributed by atoms with Crippen LogP contribution in [0.1, 0.15) is 41.9 Å². The summed E-state index contributed by atoms with van der Waals surface area (Å²) in [5.74, 6) is -1.24. The van der Waals surface area contributed by atoms with Crippen LogP contribution in [0.25, 0.3) is 0 Å². The number of rotatable bonds is 6. The average molecular weight is 286 g/mol.